The molecular weight excluding hydrogens is 427 g/mol. The van der Waals surface area contributed by atoms with Gasteiger partial charge in [0.15, 0.2) is 0 Å². The van der Waals surface area contributed by atoms with Gasteiger partial charge < -0.3 is 5.32 Å². The first-order valence-corrected chi connectivity index (χ1v) is 11.9. The molecule has 0 spiro atoms. The van der Waals surface area contributed by atoms with Crippen LogP contribution in [-0.4, -0.2) is 26.9 Å². The number of amides is 1. The zero-order valence-electron chi connectivity index (χ0n) is 18.2. The number of sulfonamides is 1. The maximum atomic E-state index is 14.5. The van der Waals surface area contributed by atoms with Crippen LogP contribution in [0.4, 0.5) is 10.1 Å². The second-order valence-electron chi connectivity index (χ2n) is 7.77. The van der Waals surface area contributed by atoms with Crippen LogP contribution < -0.4 is 9.62 Å². The lowest BCUT2D eigenvalue weighted by molar-refractivity contribution is -0.120. The Kier molecular flexibility index (Phi) is 7.64. The van der Waals surface area contributed by atoms with Crippen LogP contribution in [0.5, 0.6) is 0 Å². The van der Waals surface area contributed by atoms with Gasteiger partial charge in [0.05, 0.1) is 10.6 Å². The van der Waals surface area contributed by atoms with E-state index in [2.05, 4.69) is 5.32 Å². The van der Waals surface area contributed by atoms with E-state index in [1.165, 1.54) is 36.4 Å². The fourth-order valence-corrected chi connectivity index (χ4v) is 4.77. The summed E-state index contributed by atoms with van der Waals surface area (Å²) in [5, 5.41) is 2.84. The molecule has 1 N–H and O–H groups in total. The second-order valence-corrected chi connectivity index (χ2v) is 9.63. The monoisotopic (exact) mass is 454 g/mol. The summed E-state index contributed by atoms with van der Waals surface area (Å²) in [5.74, 6) is -1.21. The minimum absolute atomic E-state index is 0.00345. The lowest BCUT2D eigenvalue weighted by Crippen LogP contribution is -2.44. The van der Waals surface area contributed by atoms with Crippen molar-refractivity contribution in [2.24, 2.45) is 0 Å². The zero-order chi connectivity index (χ0) is 23.1. The molecule has 168 valence electrons. The van der Waals surface area contributed by atoms with Crippen molar-refractivity contribution in [1.82, 2.24) is 5.32 Å². The Morgan fingerprint density at radius 1 is 0.969 bits per heavy atom. The average molecular weight is 455 g/mol. The van der Waals surface area contributed by atoms with Gasteiger partial charge in [0.2, 0.25) is 5.91 Å². The fraction of sp³-hybridized carbons (Fsp3) is 0.240. The van der Waals surface area contributed by atoms with Crippen LogP contribution in [0, 0.1) is 12.7 Å². The molecular formula is C25H27FN2O3S. The number of aryl methyl sites for hydroxylation is 2. The summed E-state index contributed by atoms with van der Waals surface area (Å²) < 4.78 is 42.0. The minimum Gasteiger partial charge on any atom is -0.352 e. The Morgan fingerprint density at radius 3 is 2.25 bits per heavy atom. The summed E-state index contributed by atoms with van der Waals surface area (Å²) in [4.78, 5) is 12.7. The number of nitrogens with one attached hydrogen (secondary N) is 1. The highest BCUT2D eigenvalue weighted by molar-refractivity contribution is 7.92. The Labute approximate surface area is 188 Å². The molecule has 32 heavy (non-hydrogen) atoms. The van der Waals surface area contributed by atoms with Gasteiger partial charge in [-0.05, 0) is 56.5 Å². The molecule has 7 heteroatoms. The Bertz CT molecular complexity index is 1150. The summed E-state index contributed by atoms with van der Waals surface area (Å²) in [5.41, 5.74) is 1.88. The highest BCUT2D eigenvalue weighted by Crippen LogP contribution is 2.26. The molecule has 0 aliphatic carbocycles. The highest BCUT2D eigenvalue weighted by Gasteiger charge is 2.29. The van der Waals surface area contributed by atoms with Crippen molar-refractivity contribution in [2.45, 2.75) is 37.6 Å². The van der Waals surface area contributed by atoms with Gasteiger partial charge in [-0.15, -0.1) is 0 Å². The van der Waals surface area contributed by atoms with E-state index < -0.39 is 28.3 Å². The van der Waals surface area contributed by atoms with E-state index in [0.717, 1.165) is 21.9 Å². The van der Waals surface area contributed by atoms with Gasteiger partial charge in [0.1, 0.15) is 12.4 Å². The van der Waals surface area contributed by atoms with Gasteiger partial charge in [-0.3, -0.25) is 9.10 Å². The molecule has 0 bridgehead atoms. The van der Waals surface area contributed by atoms with E-state index in [4.69, 9.17) is 0 Å². The van der Waals surface area contributed by atoms with Gasteiger partial charge in [-0.25, -0.2) is 12.8 Å². The molecule has 0 aromatic heterocycles. The van der Waals surface area contributed by atoms with Crippen LogP contribution in [0.2, 0.25) is 0 Å². The largest absolute Gasteiger partial charge is 0.352 e. The van der Waals surface area contributed by atoms with Crippen molar-refractivity contribution in [3.8, 4) is 0 Å². The zero-order valence-corrected chi connectivity index (χ0v) is 19.0. The number of hydrogen-bond acceptors (Lipinski definition) is 3. The topological polar surface area (TPSA) is 66.5 Å². The Balaban J connectivity index is 1.77. The quantitative estimate of drug-likeness (QED) is 0.519. The molecule has 0 saturated heterocycles. The van der Waals surface area contributed by atoms with Crippen LogP contribution in [0.1, 0.15) is 24.5 Å². The van der Waals surface area contributed by atoms with Crippen molar-refractivity contribution in [2.75, 3.05) is 10.8 Å². The lowest BCUT2D eigenvalue weighted by Gasteiger charge is -2.25. The van der Waals surface area contributed by atoms with E-state index in [9.17, 15) is 17.6 Å². The average Bonchev–Trinajstić information content (AvgIpc) is 2.77. The first-order chi connectivity index (χ1) is 15.3. The number of anilines is 1. The number of halogens is 1. The second kappa shape index (κ2) is 10.4. The van der Waals surface area contributed by atoms with Gasteiger partial charge >= 0.3 is 0 Å². The van der Waals surface area contributed by atoms with E-state index in [-0.39, 0.29) is 16.6 Å². The summed E-state index contributed by atoms with van der Waals surface area (Å²) in [7, 11) is -4.15. The number of hydrogen-bond donors (Lipinski definition) is 1. The number of nitrogens with zero attached hydrogens (tertiary/aromatic N) is 1. The molecule has 0 radical (unpaired) electrons. The number of para-hydroxylation sites is 1. The predicted molar refractivity (Wildman–Crippen MR) is 124 cm³/mol. The molecule has 3 aromatic carbocycles. The van der Waals surface area contributed by atoms with Crippen LogP contribution >= 0.6 is 0 Å². The van der Waals surface area contributed by atoms with Gasteiger partial charge in [-0.1, -0.05) is 60.2 Å². The Hall–Kier alpha value is -3.19. The predicted octanol–water partition coefficient (Wildman–Crippen LogP) is 4.47. The molecule has 1 atom stereocenters. The Morgan fingerprint density at radius 2 is 1.59 bits per heavy atom. The first kappa shape index (κ1) is 23.5. The number of rotatable bonds is 9. The smallest absolute Gasteiger partial charge is 0.264 e. The molecule has 0 unspecified atom stereocenters. The van der Waals surface area contributed by atoms with Crippen LogP contribution in [0.3, 0.4) is 0 Å². The fourth-order valence-electron chi connectivity index (χ4n) is 3.34. The molecule has 0 saturated carbocycles. The molecule has 0 fully saturated rings. The third kappa shape index (κ3) is 5.95. The molecule has 0 aliphatic heterocycles. The molecule has 0 aliphatic rings. The van der Waals surface area contributed by atoms with E-state index >= 15 is 0 Å². The summed E-state index contributed by atoms with van der Waals surface area (Å²) in [6.45, 7) is 3.19. The first-order valence-electron chi connectivity index (χ1n) is 10.4. The molecule has 5 nitrogen and oxygen atoms in total. The normalized spacial score (nSPS) is 12.2. The summed E-state index contributed by atoms with van der Waals surface area (Å²) >= 11 is 0. The third-order valence-electron chi connectivity index (χ3n) is 5.13. The van der Waals surface area contributed by atoms with E-state index in [0.29, 0.717) is 6.42 Å². The van der Waals surface area contributed by atoms with Crippen molar-refractivity contribution in [3.63, 3.8) is 0 Å². The van der Waals surface area contributed by atoms with Gasteiger partial charge in [-0.2, -0.15) is 0 Å². The number of carbonyl (C=O) groups is 1. The summed E-state index contributed by atoms with van der Waals surface area (Å²) in [6.07, 6.45) is 1.47. The highest BCUT2D eigenvalue weighted by atomic mass is 32.2. The van der Waals surface area contributed by atoms with Crippen LogP contribution in [-0.2, 0) is 21.2 Å². The van der Waals surface area contributed by atoms with Crippen LogP contribution in [0.15, 0.2) is 83.8 Å². The SMILES string of the molecule is Cc1ccc(S(=O)(=O)N(CC(=O)N[C@@H](C)CCc2ccccc2)c2ccccc2F)cc1. The van der Waals surface area contributed by atoms with Crippen molar-refractivity contribution >= 4 is 21.6 Å². The summed E-state index contributed by atoms with van der Waals surface area (Å²) in [6, 6.07) is 21.5. The molecule has 3 rings (SSSR count). The number of carbonyl (C=O) groups excluding carboxylic acids is 1. The van der Waals surface area contributed by atoms with Crippen molar-refractivity contribution in [1.29, 1.82) is 0 Å². The van der Waals surface area contributed by atoms with Gasteiger partial charge in [0.25, 0.3) is 10.0 Å². The molecule has 3 aromatic rings. The van der Waals surface area contributed by atoms with Crippen molar-refractivity contribution in [3.05, 3.63) is 95.8 Å². The van der Waals surface area contributed by atoms with E-state index in [1.54, 1.807) is 12.1 Å². The third-order valence-corrected chi connectivity index (χ3v) is 6.91. The number of benzene rings is 3. The standard InChI is InChI=1S/C25H27FN2O3S/c1-19-12-16-22(17-13-19)32(30,31)28(24-11-7-6-10-23(24)26)18-25(29)27-20(2)14-15-21-8-4-3-5-9-21/h3-13,16-17,20H,14-15,18H2,1-2H3,(H,27,29)/t20-/m0/s1. The van der Waals surface area contributed by atoms with Gasteiger partial charge in [0, 0.05) is 6.04 Å². The lowest BCUT2D eigenvalue weighted by atomic mass is 10.1. The molecule has 0 heterocycles. The van der Waals surface area contributed by atoms with Crippen LogP contribution in [0.25, 0.3) is 0 Å². The van der Waals surface area contributed by atoms with E-state index in [1.807, 2.05) is 44.2 Å². The maximum Gasteiger partial charge on any atom is 0.264 e. The minimum atomic E-state index is -4.15. The maximum absolute atomic E-state index is 14.5. The van der Waals surface area contributed by atoms with Crippen molar-refractivity contribution < 1.29 is 17.6 Å². The molecule has 1 amide bonds.